The Bertz CT molecular complexity index is 216. The van der Waals surface area contributed by atoms with E-state index >= 15 is 0 Å². The van der Waals surface area contributed by atoms with Gasteiger partial charge in [-0.3, -0.25) is 0 Å². The van der Waals surface area contributed by atoms with Crippen LogP contribution in [0.15, 0.2) is 0 Å². The molecule has 0 amide bonds. The number of carboxylic acid groups (broad SMARTS) is 5. The van der Waals surface area contributed by atoms with E-state index in [-0.39, 0.29) is 72.4 Å². The molecule has 0 heterocycles. The molecule has 0 atom stereocenters. The van der Waals surface area contributed by atoms with Crippen LogP contribution in [-0.4, -0.2) is 29.8 Å². The zero-order valence-corrected chi connectivity index (χ0v) is 19.0. The SMILES string of the molecule is CC(=O)[O-].CC(=O)[O-].CC(=O)[O-].CC(=O)[O-].CC(=O)[O-].[K+].[W+4]. The van der Waals surface area contributed by atoms with Crippen LogP contribution >= 0.6 is 0 Å². The van der Waals surface area contributed by atoms with Gasteiger partial charge in [0.25, 0.3) is 0 Å². The summed E-state index contributed by atoms with van der Waals surface area (Å²) in [6, 6.07) is 0. The van der Waals surface area contributed by atoms with Crippen LogP contribution in [0.2, 0.25) is 0 Å². The summed E-state index contributed by atoms with van der Waals surface area (Å²) in [4.78, 5) is 44.4. The summed E-state index contributed by atoms with van der Waals surface area (Å²) >= 11 is 0. The summed E-state index contributed by atoms with van der Waals surface area (Å²) in [5.74, 6) is -5.42. The van der Waals surface area contributed by atoms with Crippen molar-refractivity contribution in [2.45, 2.75) is 34.6 Å². The van der Waals surface area contributed by atoms with Crippen molar-refractivity contribution < 1.29 is 122 Å². The van der Waals surface area contributed by atoms with Crippen molar-refractivity contribution in [3.8, 4) is 0 Å². The molecule has 22 heavy (non-hydrogen) atoms. The van der Waals surface area contributed by atoms with Crippen LogP contribution in [0.3, 0.4) is 0 Å². The smallest absolute Gasteiger partial charge is 0.550 e. The fraction of sp³-hybridized carbons (Fsp3) is 0.500. The fourth-order valence-electron chi connectivity index (χ4n) is 0. The van der Waals surface area contributed by atoms with E-state index in [4.69, 9.17) is 49.5 Å². The van der Waals surface area contributed by atoms with Gasteiger partial charge in [-0.05, 0) is 34.6 Å². The molecule has 122 valence electrons. The molecule has 0 spiro atoms. The molecule has 0 saturated heterocycles. The van der Waals surface area contributed by atoms with E-state index in [9.17, 15) is 0 Å². The predicted octanol–water partition coefficient (Wildman–Crippen LogP) is -9.22. The van der Waals surface area contributed by atoms with Gasteiger partial charge in [-0.1, -0.05) is 0 Å². The van der Waals surface area contributed by atoms with E-state index in [1.165, 1.54) is 0 Å². The molecule has 0 radical (unpaired) electrons. The first-order chi connectivity index (χ1) is 8.66. The molecule has 0 aromatic carbocycles. The Morgan fingerprint density at radius 1 is 0.455 bits per heavy atom. The first-order valence-electron chi connectivity index (χ1n) is 4.54. The third-order valence-electron chi connectivity index (χ3n) is 0. The second-order valence-corrected chi connectivity index (χ2v) is 2.46. The van der Waals surface area contributed by atoms with E-state index in [1.807, 2.05) is 0 Å². The zero-order chi connectivity index (χ0) is 17.9. The fourth-order valence-corrected chi connectivity index (χ4v) is 0. The third-order valence-corrected chi connectivity index (χ3v) is 0. The van der Waals surface area contributed by atoms with Gasteiger partial charge in [0.05, 0.1) is 0 Å². The Hall–Kier alpha value is -0.325. The molecule has 0 aromatic rings. The Balaban J connectivity index is -0.0000000250. The molecule has 10 nitrogen and oxygen atoms in total. The van der Waals surface area contributed by atoms with Crippen LogP contribution < -0.4 is 76.9 Å². The van der Waals surface area contributed by atoms with Crippen molar-refractivity contribution in [2.24, 2.45) is 0 Å². The van der Waals surface area contributed by atoms with Gasteiger partial charge in [0.15, 0.2) is 0 Å². The summed E-state index contributed by atoms with van der Waals surface area (Å²) in [5, 5.41) is 44.4. The number of carboxylic acids is 5. The van der Waals surface area contributed by atoms with Crippen molar-refractivity contribution >= 4 is 29.8 Å². The number of aliphatic carboxylic acids is 5. The van der Waals surface area contributed by atoms with Crippen molar-refractivity contribution in [1.82, 2.24) is 0 Å². The Kier molecular flexibility index (Phi) is 72.7. The summed E-state index contributed by atoms with van der Waals surface area (Å²) < 4.78 is 0. The minimum absolute atomic E-state index is 0. The molecule has 0 aliphatic rings. The maximum Gasteiger partial charge on any atom is 4.00 e. The molecule has 0 N–H and O–H groups in total. The average Bonchev–Trinajstić information content (AvgIpc) is 1.94. The summed E-state index contributed by atoms with van der Waals surface area (Å²) in [6.45, 7) is 4.86. The summed E-state index contributed by atoms with van der Waals surface area (Å²) in [5.41, 5.74) is 0. The maximum absolute atomic E-state index is 8.89. The van der Waals surface area contributed by atoms with Gasteiger partial charge in [0.1, 0.15) is 0 Å². The number of carbonyl (C=O) groups is 5. The number of rotatable bonds is 0. The molecule has 0 aliphatic carbocycles. The second kappa shape index (κ2) is 37.2. The van der Waals surface area contributed by atoms with Crippen LogP contribution in [0.1, 0.15) is 34.6 Å². The van der Waals surface area contributed by atoms with Crippen LogP contribution in [0.5, 0.6) is 0 Å². The molecule has 0 rings (SSSR count). The Morgan fingerprint density at radius 3 is 0.455 bits per heavy atom. The van der Waals surface area contributed by atoms with Crippen LogP contribution in [0.25, 0.3) is 0 Å². The van der Waals surface area contributed by atoms with Gasteiger partial charge in [-0.15, -0.1) is 0 Å². The van der Waals surface area contributed by atoms with Gasteiger partial charge in [-0.2, -0.15) is 0 Å². The molecule has 0 fully saturated rings. The molecule has 0 aliphatic heterocycles. The number of hydrogen-bond donors (Lipinski definition) is 0. The number of carbonyl (C=O) groups excluding carboxylic acids is 5. The number of hydrogen-bond acceptors (Lipinski definition) is 10. The van der Waals surface area contributed by atoms with Crippen molar-refractivity contribution in [3.63, 3.8) is 0 Å². The minimum Gasteiger partial charge on any atom is -0.550 e. The van der Waals surface area contributed by atoms with E-state index in [0.29, 0.717) is 0 Å². The van der Waals surface area contributed by atoms with Gasteiger partial charge < -0.3 is 49.5 Å². The predicted molar refractivity (Wildman–Crippen MR) is 53.4 cm³/mol. The van der Waals surface area contributed by atoms with Crippen LogP contribution in [0, 0.1) is 0 Å². The monoisotopic (exact) mass is 518 g/mol. The van der Waals surface area contributed by atoms with Gasteiger partial charge in [0, 0.05) is 29.8 Å². The average molecular weight is 518 g/mol. The Labute approximate surface area is 184 Å². The minimum atomic E-state index is -1.08. The quantitative estimate of drug-likeness (QED) is 0.277. The first kappa shape index (κ1) is 43.0. The summed E-state index contributed by atoms with van der Waals surface area (Å²) in [6.07, 6.45) is 0. The zero-order valence-electron chi connectivity index (χ0n) is 13.0. The third kappa shape index (κ3) is 64800. The van der Waals surface area contributed by atoms with Gasteiger partial charge in [0.2, 0.25) is 0 Å². The van der Waals surface area contributed by atoms with Crippen LogP contribution in [0.4, 0.5) is 0 Å². The molecule has 0 unspecified atom stereocenters. The van der Waals surface area contributed by atoms with Crippen LogP contribution in [-0.2, 0) is 45.0 Å². The first-order valence-corrected chi connectivity index (χ1v) is 4.54. The topological polar surface area (TPSA) is 201 Å². The molecular weight excluding hydrogens is 503 g/mol. The van der Waals surface area contributed by atoms with E-state index in [2.05, 4.69) is 0 Å². The largest absolute Gasteiger partial charge is 4.00 e. The van der Waals surface area contributed by atoms with Crippen molar-refractivity contribution in [1.29, 1.82) is 0 Å². The normalized spacial score (nSPS) is 5.68. The molecule has 0 bridgehead atoms. The molecule has 12 heteroatoms. The molecular formula is C10H15KO10W. The molecule has 0 saturated carbocycles. The van der Waals surface area contributed by atoms with E-state index in [0.717, 1.165) is 34.6 Å². The van der Waals surface area contributed by atoms with Gasteiger partial charge in [-0.25, -0.2) is 0 Å². The summed E-state index contributed by atoms with van der Waals surface area (Å²) in [7, 11) is 0. The molecule has 0 aromatic heterocycles. The second-order valence-electron chi connectivity index (χ2n) is 2.46. The van der Waals surface area contributed by atoms with E-state index in [1.54, 1.807) is 0 Å². The Morgan fingerprint density at radius 2 is 0.455 bits per heavy atom. The van der Waals surface area contributed by atoms with Crippen molar-refractivity contribution in [2.75, 3.05) is 0 Å². The maximum atomic E-state index is 8.89. The van der Waals surface area contributed by atoms with E-state index < -0.39 is 29.8 Å². The van der Waals surface area contributed by atoms with Gasteiger partial charge >= 0.3 is 72.4 Å². The standard InChI is InChI=1S/5C2H4O2.K.W/c5*1-2(3)4;;/h5*1H3,(H,3,4);;/q;;;;;+1;+4/p-5. The van der Waals surface area contributed by atoms with Crippen molar-refractivity contribution in [3.05, 3.63) is 0 Å².